The van der Waals surface area contributed by atoms with E-state index in [0.29, 0.717) is 44.0 Å². The average Bonchev–Trinajstić information content (AvgIpc) is 3.81. The maximum atomic E-state index is 13.4. The highest BCUT2D eigenvalue weighted by molar-refractivity contribution is 5.71. The van der Waals surface area contributed by atoms with Gasteiger partial charge in [0, 0.05) is 38.3 Å². The second-order valence-electron chi connectivity index (χ2n) is 15.1. The second kappa shape index (κ2) is 18.6. The zero-order valence-electron chi connectivity index (χ0n) is 31.1. The third kappa shape index (κ3) is 12.5. The number of rotatable bonds is 12. The van der Waals surface area contributed by atoms with Crippen molar-refractivity contribution >= 4 is 18.0 Å². The fraction of sp³-hybridized carbons (Fsp3) is 0.763. The molecule has 0 aromatic heterocycles. The Labute approximate surface area is 298 Å². The van der Waals surface area contributed by atoms with Crippen LogP contribution in [0.25, 0.3) is 0 Å². The number of allylic oxidation sites excluding steroid dienone is 2. The Bertz CT molecular complexity index is 1230. The summed E-state index contributed by atoms with van der Waals surface area (Å²) in [5.41, 5.74) is 3.93. The summed E-state index contributed by atoms with van der Waals surface area (Å²) in [5.74, 6) is -1.12. The SMILES string of the molecule is CC[C@H](O)[C@@H](C)[C@H]1O[C@@H]1CC(C)(O)/C=C/C=C(\C)[C@H]1OC(=O)C[C@H](O)CC[C@@](C)(OC(C)=O)[C@@H](OC(=O)N2CCC(CCN)CC2)/C=C/[C@@H]1C. The van der Waals surface area contributed by atoms with Crippen molar-refractivity contribution in [3.63, 3.8) is 0 Å². The van der Waals surface area contributed by atoms with Crippen LogP contribution in [-0.2, 0) is 28.5 Å². The molecular weight excluding hydrogens is 644 g/mol. The lowest BCUT2D eigenvalue weighted by atomic mass is 9.88. The number of nitrogens with zero attached hydrogens (tertiary/aromatic N) is 1. The van der Waals surface area contributed by atoms with Gasteiger partial charge in [-0.1, -0.05) is 45.1 Å². The summed E-state index contributed by atoms with van der Waals surface area (Å²) >= 11 is 0. The van der Waals surface area contributed by atoms with Crippen LogP contribution in [0.2, 0.25) is 0 Å². The molecule has 2 saturated heterocycles. The van der Waals surface area contributed by atoms with E-state index in [0.717, 1.165) is 19.3 Å². The van der Waals surface area contributed by atoms with E-state index in [1.165, 1.54) is 6.92 Å². The third-order valence-electron chi connectivity index (χ3n) is 10.4. The van der Waals surface area contributed by atoms with Crippen molar-refractivity contribution in [2.24, 2.45) is 23.5 Å². The molecule has 12 nitrogen and oxygen atoms in total. The normalized spacial score (nSPS) is 33.3. The minimum atomic E-state index is -1.31. The minimum absolute atomic E-state index is 0.0234. The number of carbonyl (C=O) groups is 3. The molecule has 0 bridgehead atoms. The van der Waals surface area contributed by atoms with Gasteiger partial charge in [0.1, 0.15) is 11.7 Å². The highest BCUT2D eigenvalue weighted by atomic mass is 16.6. The molecule has 2 fully saturated rings. The van der Waals surface area contributed by atoms with Gasteiger partial charge in [-0.2, -0.15) is 0 Å². The molecule has 0 spiro atoms. The van der Waals surface area contributed by atoms with Crippen molar-refractivity contribution in [1.29, 1.82) is 0 Å². The molecule has 0 aromatic carbocycles. The lowest BCUT2D eigenvalue weighted by Crippen LogP contribution is -2.49. The number of piperidine rings is 1. The van der Waals surface area contributed by atoms with Crippen LogP contribution in [0.5, 0.6) is 0 Å². The van der Waals surface area contributed by atoms with Gasteiger partial charge >= 0.3 is 18.0 Å². The minimum Gasteiger partial charge on any atom is -0.457 e. The predicted molar refractivity (Wildman–Crippen MR) is 189 cm³/mol. The molecule has 0 aliphatic carbocycles. The van der Waals surface area contributed by atoms with Crippen LogP contribution in [0.3, 0.4) is 0 Å². The molecular formula is C38H62N2O10. The summed E-state index contributed by atoms with van der Waals surface area (Å²) in [6, 6.07) is 0. The Morgan fingerprint density at radius 2 is 1.90 bits per heavy atom. The molecule has 12 heteroatoms. The van der Waals surface area contributed by atoms with Crippen LogP contribution < -0.4 is 5.73 Å². The number of epoxide rings is 1. The molecule has 50 heavy (non-hydrogen) atoms. The highest BCUT2D eigenvalue weighted by Crippen LogP contribution is 2.38. The number of nitrogens with two attached hydrogens (primary N) is 1. The summed E-state index contributed by atoms with van der Waals surface area (Å²) in [7, 11) is 0. The Balaban J connectivity index is 1.81. The number of likely N-dealkylation sites (tertiary alicyclic amines) is 1. The van der Waals surface area contributed by atoms with Crippen LogP contribution in [-0.4, -0.2) is 106 Å². The molecule has 0 radical (unpaired) electrons. The van der Waals surface area contributed by atoms with E-state index >= 15 is 0 Å². The Morgan fingerprint density at radius 1 is 1.22 bits per heavy atom. The number of aliphatic hydroxyl groups is 3. The lowest BCUT2D eigenvalue weighted by molar-refractivity contribution is -0.168. The maximum Gasteiger partial charge on any atom is 0.410 e. The molecule has 3 rings (SSSR count). The number of hydrogen-bond acceptors (Lipinski definition) is 11. The summed E-state index contributed by atoms with van der Waals surface area (Å²) < 4.78 is 23.5. The predicted octanol–water partition coefficient (Wildman–Crippen LogP) is 4.34. The van der Waals surface area contributed by atoms with Crippen molar-refractivity contribution in [2.75, 3.05) is 19.6 Å². The van der Waals surface area contributed by atoms with Gasteiger partial charge in [-0.3, -0.25) is 9.59 Å². The molecule has 1 unspecified atom stereocenters. The summed E-state index contributed by atoms with van der Waals surface area (Å²) in [4.78, 5) is 40.4. The van der Waals surface area contributed by atoms with Crippen molar-refractivity contribution in [2.45, 2.75) is 148 Å². The average molecular weight is 707 g/mol. The van der Waals surface area contributed by atoms with Gasteiger partial charge in [-0.25, -0.2) is 4.79 Å². The summed E-state index contributed by atoms with van der Waals surface area (Å²) in [6.07, 6.45) is 8.12. The van der Waals surface area contributed by atoms with Crippen molar-refractivity contribution in [3.05, 3.63) is 36.0 Å². The van der Waals surface area contributed by atoms with Gasteiger partial charge in [0.2, 0.25) is 0 Å². The van der Waals surface area contributed by atoms with Gasteiger partial charge < -0.3 is 44.9 Å². The van der Waals surface area contributed by atoms with Crippen LogP contribution in [0, 0.1) is 17.8 Å². The molecule has 3 aliphatic rings. The zero-order valence-corrected chi connectivity index (χ0v) is 31.1. The van der Waals surface area contributed by atoms with Gasteiger partial charge in [-0.05, 0) is 83.4 Å². The fourth-order valence-corrected chi connectivity index (χ4v) is 7.05. The largest absolute Gasteiger partial charge is 0.457 e. The molecule has 3 aliphatic heterocycles. The topological polar surface area (TPSA) is 181 Å². The monoisotopic (exact) mass is 706 g/mol. The van der Waals surface area contributed by atoms with E-state index in [-0.39, 0.29) is 37.4 Å². The number of hydrogen-bond donors (Lipinski definition) is 4. The molecule has 5 N–H and O–H groups in total. The van der Waals surface area contributed by atoms with E-state index in [1.54, 1.807) is 49.1 Å². The summed E-state index contributed by atoms with van der Waals surface area (Å²) in [6.45, 7) is 13.9. The van der Waals surface area contributed by atoms with Gasteiger partial charge in [0.05, 0.1) is 36.4 Å². The summed E-state index contributed by atoms with van der Waals surface area (Å²) in [5, 5.41) is 32.0. The highest BCUT2D eigenvalue weighted by Gasteiger charge is 2.47. The number of ether oxygens (including phenoxy) is 4. The molecule has 0 aromatic rings. The first kappa shape index (κ1) is 41.6. The Kier molecular flexibility index (Phi) is 15.5. The van der Waals surface area contributed by atoms with Crippen LogP contribution in [0.4, 0.5) is 4.79 Å². The van der Waals surface area contributed by atoms with E-state index in [2.05, 4.69) is 0 Å². The number of aliphatic hydroxyl groups excluding tert-OH is 2. The molecule has 3 heterocycles. The quantitative estimate of drug-likeness (QED) is 0.0745. The third-order valence-corrected chi connectivity index (χ3v) is 10.4. The standard InChI is InChI=1S/C38H62N2O10/c1-8-30(43)26(4)35-31(47-35)23-37(6,46)17-9-10-24(2)34-25(3)11-12-32(48-36(45)40-20-15-28(14-19-39)16-21-40)38(7,50-27(5)41)18-13-29(42)22-33(44)49-34/h9-12,17,25-26,28-32,34-35,42-43,46H,8,13-16,18-23,39H2,1-7H3/b12-11+,17-9+,24-10+/t25-,26+,29+,30-,31+,32-,34+,35+,37?,38+/m0/s1. The number of cyclic esters (lactones) is 1. The Morgan fingerprint density at radius 3 is 2.52 bits per heavy atom. The first-order valence-corrected chi connectivity index (χ1v) is 18.3. The number of esters is 2. The second-order valence-corrected chi connectivity index (χ2v) is 15.1. The molecule has 10 atom stereocenters. The molecule has 0 saturated carbocycles. The molecule has 284 valence electrons. The van der Waals surface area contributed by atoms with Crippen molar-refractivity contribution < 1.29 is 48.7 Å². The van der Waals surface area contributed by atoms with Gasteiger partial charge in [0.15, 0.2) is 6.10 Å². The number of amides is 1. The van der Waals surface area contributed by atoms with Crippen molar-refractivity contribution in [3.8, 4) is 0 Å². The lowest BCUT2D eigenvalue weighted by Gasteiger charge is -2.38. The van der Waals surface area contributed by atoms with E-state index in [9.17, 15) is 29.7 Å². The maximum absolute atomic E-state index is 13.4. The van der Waals surface area contributed by atoms with E-state index in [4.69, 9.17) is 24.7 Å². The molecule has 1 amide bonds. The van der Waals surface area contributed by atoms with Gasteiger partial charge in [-0.15, -0.1) is 0 Å². The van der Waals surface area contributed by atoms with E-state index in [1.807, 2.05) is 27.7 Å². The first-order chi connectivity index (χ1) is 23.5. The fourth-order valence-electron chi connectivity index (χ4n) is 7.05. The van der Waals surface area contributed by atoms with E-state index < -0.39 is 59.6 Å². The van der Waals surface area contributed by atoms with Crippen LogP contribution in [0.1, 0.15) is 99.8 Å². The van der Waals surface area contributed by atoms with Crippen LogP contribution in [0.15, 0.2) is 36.0 Å². The first-order valence-electron chi connectivity index (χ1n) is 18.3. The van der Waals surface area contributed by atoms with Gasteiger partial charge in [0.25, 0.3) is 0 Å². The Hall–Kier alpha value is -2.77. The van der Waals surface area contributed by atoms with Crippen molar-refractivity contribution in [1.82, 2.24) is 4.90 Å². The number of carbonyl (C=O) groups excluding carboxylic acids is 3. The van der Waals surface area contributed by atoms with Crippen LogP contribution >= 0.6 is 0 Å². The zero-order chi connectivity index (χ0) is 37.2. The smallest absolute Gasteiger partial charge is 0.410 e.